The van der Waals surface area contributed by atoms with Crippen molar-refractivity contribution in [3.05, 3.63) is 47.3 Å². The van der Waals surface area contributed by atoms with E-state index in [0.29, 0.717) is 54.3 Å². The summed E-state index contributed by atoms with van der Waals surface area (Å²) in [5.41, 5.74) is 3.43. The summed E-state index contributed by atoms with van der Waals surface area (Å²) in [5, 5.41) is 6.21. The Morgan fingerprint density at radius 2 is 2.05 bits per heavy atom. The van der Waals surface area contributed by atoms with E-state index in [4.69, 9.17) is 4.74 Å². The third-order valence-electron chi connectivity index (χ3n) is 7.63. The van der Waals surface area contributed by atoms with E-state index in [9.17, 15) is 9.59 Å². The van der Waals surface area contributed by atoms with Gasteiger partial charge in [0.1, 0.15) is 17.8 Å². The van der Waals surface area contributed by atoms with Crippen LogP contribution in [0.15, 0.2) is 24.5 Å². The number of aryl methyl sites for hydroxylation is 1. The van der Waals surface area contributed by atoms with E-state index in [1.807, 2.05) is 19.9 Å². The van der Waals surface area contributed by atoms with Gasteiger partial charge in [0.2, 0.25) is 0 Å². The first-order valence-electron chi connectivity index (χ1n) is 13.3. The number of aromatic nitrogens is 3. The Morgan fingerprint density at radius 3 is 2.77 bits per heavy atom. The van der Waals surface area contributed by atoms with Gasteiger partial charge in [-0.1, -0.05) is 0 Å². The highest BCUT2D eigenvalue weighted by Crippen LogP contribution is 2.38. The minimum atomic E-state index is -0.442. The monoisotopic (exact) mass is 534 g/mol. The molecule has 11 nitrogen and oxygen atoms in total. The molecule has 2 N–H and O–H groups in total. The van der Waals surface area contributed by atoms with Crippen molar-refractivity contribution in [2.45, 2.75) is 32.9 Å². The maximum atomic E-state index is 15.6. The summed E-state index contributed by atoms with van der Waals surface area (Å²) < 4.78 is 21.0. The van der Waals surface area contributed by atoms with Gasteiger partial charge in [-0.3, -0.25) is 14.6 Å². The van der Waals surface area contributed by atoms with Crippen molar-refractivity contribution in [1.29, 1.82) is 0 Å². The molecule has 39 heavy (non-hydrogen) atoms. The summed E-state index contributed by atoms with van der Waals surface area (Å²) >= 11 is 0. The fraction of sp³-hybridized carbons (Fsp3) is 0.444. The van der Waals surface area contributed by atoms with E-state index >= 15 is 4.39 Å². The molecule has 3 aliphatic rings. The number of carbonyl (C=O) groups excluding carboxylic acids is 2. The van der Waals surface area contributed by atoms with E-state index < -0.39 is 11.8 Å². The quantitative estimate of drug-likeness (QED) is 0.496. The molecule has 0 unspecified atom stereocenters. The number of anilines is 3. The summed E-state index contributed by atoms with van der Waals surface area (Å²) in [6, 6.07) is 5.11. The zero-order valence-corrected chi connectivity index (χ0v) is 22.0. The zero-order valence-electron chi connectivity index (χ0n) is 22.0. The van der Waals surface area contributed by atoms with Gasteiger partial charge in [-0.15, -0.1) is 0 Å². The summed E-state index contributed by atoms with van der Waals surface area (Å²) in [6.07, 6.45) is 2.23. The van der Waals surface area contributed by atoms with Gasteiger partial charge in [-0.05, 0) is 38.5 Å². The van der Waals surface area contributed by atoms with Crippen LogP contribution in [0.25, 0.3) is 10.9 Å². The largest absolute Gasteiger partial charge is 0.379 e. The second-order valence-corrected chi connectivity index (χ2v) is 10.1. The van der Waals surface area contributed by atoms with Crippen LogP contribution in [0.5, 0.6) is 0 Å². The molecule has 1 aromatic carbocycles. The number of nitrogens with zero attached hydrogens (tertiary/aromatic N) is 6. The smallest absolute Gasteiger partial charge is 0.327 e. The summed E-state index contributed by atoms with van der Waals surface area (Å²) in [6.45, 7) is 8.72. The molecule has 0 saturated carbocycles. The van der Waals surface area contributed by atoms with Crippen LogP contribution < -0.4 is 20.4 Å². The fourth-order valence-corrected chi connectivity index (χ4v) is 5.55. The van der Waals surface area contributed by atoms with E-state index in [1.165, 1.54) is 11.2 Å². The molecular weight excluding hydrogens is 503 g/mol. The summed E-state index contributed by atoms with van der Waals surface area (Å²) in [4.78, 5) is 44.2. The number of nitrogens with one attached hydrogen (secondary N) is 2. The van der Waals surface area contributed by atoms with Crippen molar-refractivity contribution in [3.8, 4) is 0 Å². The van der Waals surface area contributed by atoms with Gasteiger partial charge in [0.05, 0.1) is 40.6 Å². The molecule has 5 heterocycles. The van der Waals surface area contributed by atoms with Crippen LogP contribution in [0.2, 0.25) is 0 Å². The van der Waals surface area contributed by atoms with Crippen LogP contribution >= 0.6 is 0 Å². The number of piperazine rings is 1. The molecule has 2 fully saturated rings. The Bertz CT molecular complexity index is 1440. The van der Waals surface area contributed by atoms with Gasteiger partial charge in [0.15, 0.2) is 5.82 Å². The van der Waals surface area contributed by atoms with Gasteiger partial charge >= 0.3 is 6.03 Å². The lowest BCUT2D eigenvalue weighted by Crippen LogP contribution is -2.46. The Labute approximate surface area is 225 Å². The lowest BCUT2D eigenvalue weighted by molar-refractivity contribution is 0.0924. The van der Waals surface area contributed by atoms with Gasteiger partial charge in [0.25, 0.3) is 5.91 Å². The maximum Gasteiger partial charge on any atom is 0.327 e. The first-order valence-corrected chi connectivity index (χ1v) is 13.3. The Hall–Kier alpha value is -3.90. The molecule has 1 atom stereocenters. The molecular formula is C27H31FN8O3. The number of benzene rings is 1. The van der Waals surface area contributed by atoms with Crippen molar-refractivity contribution < 1.29 is 18.7 Å². The van der Waals surface area contributed by atoms with E-state index in [1.54, 1.807) is 12.1 Å². The molecule has 2 aromatic heterocycles. The molecule has 0 radical (unpaired) electrons. The predicted molar refractivity (Wildman–Crippen MR) is 145 cm³/mol. The predicted octanol–water partition coefficient (Wildman–Crippen LogP) is 2.69. The number of urea groups is 1. The third kappa shape index (κ3) is 4.74. The first kappa shape index (κ1) is 25.4. The van der Waals surface area contributed by atoms with Crippen LogP contribution in [-0.2, 0) is 11.3 Å². The second kappa shape index (κ2) is 10.3. The second-order valence-electron chi connectivity index (χ2n) is 10.1. The highest BCUT2D eigenvalue weighted by atomic mass is 19.1. The molecule has 2 saturated heterocycles. The van der Waals surface area contributed by atoms with Gasteiger partial charge in [-0.25, -0.2) is 24.1 Å². The Balaban J connectivity index is 1.13. The van der Waals surface area contributed by atoms with Crippen LogP contribution in [0.4, 0.5) is 26.4 Å². The molecule has 0 bridgehead atoms. The van der Waals surface area contributed by atoms with Crippen molar-refractivity contribution in [2.75, 3.05) is 61.1 Å². The molecule has 6 rings (SSSR count). The van der Waals surface area contributed by atoms with Gasteiger partial charge in [-0.2, -0.15) is 0 Å². The van der Waals surface area contributed by atoms with E-state index in [2.05, 4.69) is 35.4 Å². The summed E-state index contributed by atoms with van der Waals surface area (Å²) in [5.74, 6) is -0.194. The fourth-order valence-electron chi connectivity index (χ4n) is 5.55. The third-order valence-corrected chi connectivity index (χ3v) is 7.63. The van der Waals surface area contributed by atoms with Crippen molar-refractivity contribution in [2.24, 2.45) is 0 Å². The lowest BCUT2D eigenvalue weighted by atomic mass is 10.1. The van der Waals surface area contributed by atoms with Crippen LogP contribution in [0.1, 0.15) is 35.1 Å². The Morgan fingerprint density at radius 1 is 1.23 bits per heavy atom. The van der Waals surface area contributed by atoms with Crippen molar-refractivity contribution >= 4 is 40.0 Å². The normalized spacial score (nSPS) is 19.5. The SMILES string of the molecule is CCN1C(=O)Nc2c(F)c(CN3CCN(c4ccc(C(=O)N[C@@H]5CCOC5)nc4C)CC3)cc3ncnc1c23. The van der Waals surface area contributed by atoms with Gasteiger partial charge in [0, 0.05) is 51.4 Å². The highest BCUT2D eigenvalue weighted by molar-refractivity contribution is 6.17. The molecule has 3 amide bonds. The zero-order chi connectivity index (χ0) is 27.1. The van der Waals surface area contributed by atoms with Crippen LogP contribution in [-0.4, -0.2) is 83.8 Å². The molecule has 12 heteroatoms. The first-order chi connectivity index (χ1) is 18.9. The summed E-state index contributed by atoms with van der Waals surface area (Å²) in [7, 11) is 0. The minimum absolute atomic E-state index is 0.0375. The number of ether oxygens (including phenoxy) is 1. The molecule has 0 spiro atoms. The number of pyridine rings is 1. The van der Waals surface area contributed by atoms with Crippen LogP contribution in [0, 0.1) is 12.7 Å². The number of rotatable bonds is 6. The van der Waals surface area contributed by atoms with Crippen molar-refractivity contribution in [3.63, 3.8) is 0 Å². The Kier molecular flexibility index (Phi) is 6.73. The standard InChI is InChI=1S/C27H31FN8O3/c1-3-36-25-22-20(29-15-30-25)12-17(23(28)24(22)33-27(36)38)13-34-7-9-35(10-8-34)21-5-4-19(31-16(21)2)26(37)32-18-6-11-39-14-18/h4-5,12,15,18H,3,6-11,13-14H2,1-2H3,(H,32,37)(H,33,38)/t18-/m1/s1. The number of hydrogen-bond acceptors (Lipinski definition) is 8. The minimum Gasteiger partial charge on any atom is -0.379 e. The molecule has 204 valence electrons. The number of carbonyl (C=O) groups is 2. The molecule has 0 aliphatic carbocycles. The number of amides is 3. The number of halogens is 1. The lowest BCUT2D eigenvalue weighted by Gasteiger charge is -2.37. The average Bonchev–Trinajstić information content (AvgIpc) is 3.45. The number of hydrogen-bond donors (Lipinski definition) is 2. The maximum absolute atomic E-state index is 15.6. The van der Waals surface area contributed by atoms with Crippen molar-refractivity contribution in [1.82, 2.24) is 25.2 Å². The molecule has 3 aromatic rings. The topological polar surface area (TPSA) is 116 Å². The average molecular weight is 535 g/mol. The molecule has 3 aliphatic heterocycles. The van der Waals surface area contributed by atoms with Crippen LogP contribution in [0.3, 0.4) is 0 Å². The highest BCUT2D eigenvalue weighted by Gasteiger charge is 2.30. The van der Waals surface area contributed by atoms with Gasteiger partial charge < -0.3 is 20.3 Å². The van der Waals surface area contributed by atoms with E-state index in [0.717, 1.165) is 44.0 Å². The van der Waals surface area contributed by atoms with E-state index in [-0.39, 0.29) is 17.6 Å².